The number of H-pyrrole nitrogens is 2. The lowest BCUT2D eigenvalue weighted by Crippen LogP contribution is -2.25. The number of rotatable bonds is 3. The van der Waals surface area contributed by atoms with Gasteiger partial charge in [0.25, 0.3) is 5.56 Å². The van der Waals surface area contributed by atoms with Crippen molar-refractivity contribution < 1.29 is 9.47 Å². The normalized spacial score (nSPS) is 13.6. The first kappa shape index (κ1) is 14.2. The molecular formula is C12H10ClN3O4S. The van der Waals surface area contributed by atoms with Crippen molar-refractivity contribution in [3.8, 4) is 5.75 Å². The minimum absolute atomic E-state index is 0.176. The number of nitrogens with one attached hydrogen (secondary N) is 2. The van der Waals surface area contributed by atoms with E-state index < -0.39 is 11.2 Å². The molecule has 0 saturated heterocycles. The molecular weight excluding hydrogens is 318 g/mol. The number of aromatic nitrogens is 3. The lowest BCUT2D eigenvalue weighted by atomic mass is 10.1. The molecule has 2 N–H and O–H groups in total. The maximum Gasteiger partial charge on any atom is 0.342 e. The molecule has 21 heavy (non-hydrogen) atoms. The Balaban J connectivity index is 1.86. The third-order valence-corrected chi connectivity index (χ3v) is 4.02. The van der Waals surface area contributed by atoms with Crippen LogP contribution in [0.3, 0.4) is 0 Å². The van der Waals surface area contributed by atoms with Gasteiger partial charge in [-0.15, -0.1) is 0 Å². The van der Waals surface area contributed by atoms with Crippen LogP contribution in [0.15, 0.2) is 26.7 Å². The summed E-state index contributed by atoms with van der Waals surface area (Å²) >= 11 is 7.25. The summed E-state index contributed by atoms with van der Waals surface area (Å²) < 4.78 is 10.7. The van der Waals surface area contributed by atoms with Crippen LogP contribution < -0.4 is 16.0 Å². The second-order valence-electron chi connectivity index (χ2n) is 4.26. The van der Waals surface area contributed by atoms with Crippen molar-refractivity contribution >= 4 is 23.4 Å². The number of fused-ring (bicyclic) bond motifs is 1. The molecule has 0 fully saturated rings. The molecule has 1 aliphatic rings. The second kappa shape index (κ2) is 5.92. The fourth-order valence-corrected chi connectivity index (χ4v) is 3.01. The molecule has 110 valence electrons. The maximum absolute atomic E-state index is 11.6. The molecule has 0 atom stereocenters. The van der Waals surface area contributed by atoms with Gasteiger partial charge in [-0.05, 0) is 12.1 Å². The van der Waals surface area contributed by atoms with Crippen molar-refractivity contribution in [2.75, 3.05) is 6.79 Å². The Morgan fingerprint density at radius 3 is 3.05 bits per heavy atom. The Bertz CT molecular complexity index is 789. The quantitative estimate of drug-likeness (QED) is 0.824. The van der Waals surface area contributed by atoms with E-state index in [1.54, 1.807) is 12.1 Å². The van der Waals surface area contributed by atoms with E-state index in [-0.39, 0.29) is 11.8 Å². The zero-order chi connectivity index (χ0) is 14.8. The number of hydrogen-bond acceptors (Lipinski definition) is 6. The molecule has 0 unspecified atom stereocenters. The summed E-state index contributed by atoms with van der Waals surface area (Å²) in [6.07, 6.45) is 0. The monoisotopic (exact) mass is 327 g/mol. The molecule has 0 bridgehead atoms. The highest BCUT2D eigenvalue weighted by Crippen LogP contribution is 2.34. The predicted octanol–water partition coefficient (Wildman–Crippen LogP) is 1.27. The Morgan fingerprint density at radius 2 is 2.24 bits per heavy atom. The van der Waals surface area contributed by atoms with Gasteiger partial charge in [0, 0.05) is 21.9 Å². The van der Waals surface area contributed by atoms with E-state index in [4.69, 9.17) is 21.1 Å². The first-order chi connectivity index (χ1) is 10.1. The smallest absolute Gasteiger partial charge is 0.342 e. The van der Waals surface area contributed by atoms with Gasteiger partial charge in [-0.2, -0.15) is 5.10 Å². The fourth-order valence-electron chi connectivity index (χ4n) is 1.94. The lowest BCUT2D eigenvalue weighted by Gasteiger charge is -2.20. The average Bonchev–Trinajstić information content (AvgIpc) is 2.46. The summed E-state index contributed by atoms with van der Waals surface area (Å²) in [5.41, 5.74) is 0.555. The number of thioether (sulfide) groups is 1. The third-order valence-electron chi connectivity index (χ3n) is 2.80. The molecule has 1 aliphatic heterocycles. The fraction of sp³-hybridized carbons (Fsp3) is 0.250. The van der Waals surface area contributed by atoms with E-state index in [2.05, 4.69) is 15.2 Å². The van der Waals surface area contributed by atoms with E-state index in [1.165, 1.54) is 11.8 Å². The molecule has 0 saturated carbocycles. The number of hydrogen-bond donors (Lipinski definition) is 2. The number of halogens is 1. The van der Waals surface area contributed by atoms with Crippen LogP contribution in [-0.4, -0.2) is 22.0 Å². The van der Waals surface area contributed by atoms with Gasteiger partial charge in [0.2, 0.25) is 0 Å². The van der Waals surface area contributed by atoms with Gasteiger partial charge in [0.1, 0.15) is 5.75 Å². The Labute approximate surface area is 127 Å². The number of aromatic amines is 2. The zero-order valence-electron chi connectivity index (χ0n) is 10.6. The molecule has 1 aromatic heterocycles. The summed E-state index contributed by atoms with van der Waals surface area (Å²) in [4.78, 5) is 24.6. The first-order valence-electron chi connectivity index (χ1n) is 5.97. The molecule has 7 nitrogen and oxygen atoms in total. The molecule has 2 heterocycles. The molecule has 2 aromatic rings. The minimum atomic E-state index is -0.634. The van der Waals surface area contributed by atoms with Crippen LogP contribution in [0, 0.1) is 0 Å². The topological polar surface area (TPSA) is 97.1 Å². The predicted molar refractivity (Wildman–Crippen MR) is 76.8 cm³/mol. The Hall–Kier alpha value is -1.77. The highest BCUT2D eigenvalue weighted by atomic mass is 35.5. The molecule has 0 amide bonds. The molecule has 0 spiro atoms. The van der Waals surface area contributed by atoms with Gasteiger partial charge in [-0.3, -0.25) is 9.78 Å². The van der Waals surface area contributed by atoms with Crippen LogP contribution in [0.5, 0.6) is 5.75 Å². The molecule has 1 aromatic carbocycles. The van der Waals surface area contributed by atoms with Gasteiger partial charge in [-0.1, -0.05) is 23.4 Å². The number of ether oxygens (including phenoxy) is 2. The van der Waals surface area contributed by atoms with Crippen LogP contribution in [-0.2, 0) is 17.1 Å². The SMILES string of the molecule is O=c1[nH]nc(SCc2cc(Cl)cc3c2OCOC3)c(=O)[nH]1. The molecule has 3 rings (SSSR count). The number of benzene rings is 1. The van der Waals surface area contributed by atoms with E-state index in [1.807, 2.05) is 0 Å². The van der Waals surface area contributed by atoms with Crippen LogP contribution >= 0.6 is 23.4 Å². The van der Waals surface area contributed by atoms with E-state index in [0.29, 0.717) is 17.4 Å². The Morgan fingerprint density at radius 1 is 1.38 bits per heavy atom. The van der Waals surface area contributed by atoms with Crippen LogP contribution in [0.4, 0.5) is 0 Å². The summed E-state index contributed by atoms with van der Waals surface area (Å²) in [6, 6.07) is 3.56. The molecule has 0 radical (unpaired) electrons. The zero-order valence-corrected chi connectivity index (χ0v) is 12.2. The van der Waals surface area contributed by atoms with Gasteiger partial charge < -0.3 is 9.47 Å². The highest BCUT2D eigenvalue weighted by molar-refractivity contribution is 7.98. The van der Waals surface area contributed by atoms with Crippen LogP contribution in [0.1, 0.15) is 11.1 Å². The van der Waals surface area contributed by atoms with Gasteiger partial charge in [0.15, 0.2) is 11.8 Å². The molecule has 0 aliphatic carbocycles. The second-order valence-corrected chi connectivity index (χ2v) is 5.66. The van der Waals surface area contributed by atoms with Crippen molar-refractivity contribution in [2.45, 2.75) is 17.4 Å². The first-order valence-corrected chi connectivity index (χ1v) is 7.33. The molecule has 9 heteroatoms. The standard InChI is InChI=1S/C12H10ClN3O4S/c13-8-1-6-3-19-5-20-9(6)7(2-8)4-21-11-10(17)14-12(18)16-15-11/h1-2H,3-5H2,(H2,14,16,17,18). The Kier molecular flexibility index (Phi) is 4.00. The average molecular weight is 328 g/mol. The van der Waals surface area contributed by atoms with Gasteiger partial charge >= 0.3 is 5.69 Å². The van der Waals surface area contributed by atoms with Crippen LogP contribution in [0.2, 0.25) is 5.02 Å². The van der Waals surface area contributed by atoms with Crippen molar-refractivity contribution in [3.63, 3.8) is 0 Å². The largest absolute Gasteiger partial charge is 0.467 e. The van der Waals surface area contributed by atoms with E-state index >= 15 is 0 Å². The summed E-state index contributed by atoms with van der Waals surface area (Å²) in [7, 11) is 0. The van der Waals surface area contributed by atoms with Crippen molar-refractivity contribution in [2.24, 2.45) is 0 Å². The minimum Gasteiger partial charge on any atom is -0.467 e. The van der Waals surface area contributed by atoms with Gasteiger partial charge in [0.05, 0.1) is 6.61 Å². The van der Waals surface area contributed by atoms with Crippen molar-refractivity contribution in [1.29, 1.82) is 0 Å². The van der Waals surface area contributed by atoms with Crippen molar-refractivity contribution in [3.05, 3.63) is 49.1 Å². The number of nitrogens with zero attached hydrogens (tertiary/aromatic N) is 1. The highest BCUT2D eigenvalue weighted by Gasteiger charge is 2.17. The summed E-state index contributed by atoms with van der Waals surface area (Å²) in [6.45, 7) is 0.620. The third kappa shape index (κ3) is 3.12. The summed E-state index contributed by atoms with van der Waals surface area (Å²) in [5, 5.41) is 6.65. The maximum atomic E-state index is 11.6. The van der Waals surface area contributed by atoms with Crippen LogP contribution in [0.25, 0.3) is 0 Å². The van der Waals surface area contributed by atoms with Gasteiger partial charge in [-0.25, -0.2) is 9.89 Å². The van der Waals surface area contributed by atoms with E-state index in [9.17, 15) is 9.59 Å². The summed E-state index contributed by atoms with van der Waals surface area (Å²) in [5.74, 6) is 1.16. The lowest BCUT2D eigenvalue weighted by molar-refractivity contribution is -0.0168. The van der Waals surface area contributed by atoms with Crippen molar-refractivity contribution in [1.82, 2.24) is 15.2 Å². The van der Waals surface area contributed by atoms with E-state index in [0.717, 1.165) is 16.9 Å².